The predicted molar refractivity (Wildman–Crippen MR) is 57.6 cm³/mol. The summed E-state index contributed by atoms with van der Waals surface area (Å²) in [4.78, 5) is 3.64. The normalized spacial score (nSPS) is 12.9. The van der Waals surface area contributed by atoms with E-state index in [1.54, 1.807) is 0 Å². The van der Waals surface area contributed by atoms with Crippen LogP contribution in [-0.2, 0) is 6.18 Å². The van der Waals surface area contributed by atoms with Crippen molar-refractivity contribution in [1.82, 2.24) is 0 Å². The van der Waals surface area contributed by atoms with Gasteiger partial charge >= 0.3 is 6.18 Å². The molecular weight excluding hydrogens is 236 g/mol. The van der Waals surface area contributed by atoms with Gasteiger partial charge in [-0.15, -0.1) is 0 Å². The van der Waals surface area contributed by atoms with Crippen molar-refractivity contribution in [1.29, 1.82) is 0 Å². The molecule has 0 spiro atoms. The zero-order chi connectivity index (χ0) is 13.1. The van der Waals surface area contributed by atoms with Crippen LogP contribution in [0.15, 0.2) is 23.2 Å². The Morgan fingerprint density at radius 3 is 2.53 bits per heavy atom. The van der Waals surface area contributed by atoms with Crippen molar-refractivity contribution >= 4 is 11.5 Å². The summed E-state index contributed by atoms with van der Waals surface area (Å²) in [6.07, 6.45) is -3.41. The molecule has 0 radical (unpaired) electrons. The first kappa shape index (κ1) is 13.5. The predicted octanol–water partition coefficient (Wildman–Crippen LogP) is 3.63. The lowest BCUT2D eigenvalue weighted by molar-refractivity contribution is -0.137. The van der Waals surface area contributed by atoms with Gasteiger partial charge in [0.05, 0.1) is 11.4 Å². The van der Waals surface area contributed by atoms with Crippen LogP contribution in [-0.4, -0.2) is 5.84 Å². The van der Waals surface area contributed by atoms with E-state index >= 15 is 0 Å². The van der Waals surface area contributed by atoms with Crippen LogP contribution in [0.1, 0.15) is 25.3 Å². The number of halogens is 4. The first-order valence-electron chi connectivity index (χ1n) is 5.04. The molecule has 0 heterocycles. The zero-order valence-electron chi connectivity index (χ0n) is 9.18. The first-order valence-corrected chi connectivity index (χ1v) is 5.04. The second-order valence-corrected chi connectivity index (χ2v) is 3.52. The highest BCUT2D eigenvalue weighted by Crippen LogP contribution is 2.32. The average molecular weight is 248 g/mol. The van der Waals surface area contributed by atoms with E-state index in [1.807, 2.05) is 6.92 Å². The van der Waals surface area contributed by atoms with Crippen molar-refractivity contribution in [3.8, 4) is 0 Å². The second kappa shape index (κ2) is 5.16. The maximum absolute atomic E-state index is 13.2. The highest BCUT2D eigenvalue weighted by molar-refractivity contribution is 5.83. The number of hydrogen-bond acceptors (Lipinski definition) is 1. The summed E-state index contributed by atoms with van der Waals surface area (Å²) < 4.78 is 50.4. The molecule has 2 nitrogen and oxygen atoms in total. The largest absolute Gasteiger partial charge is 0.416 e. The molecular formula is C11H12F4N2. The molecule has 0 aromatic heterocycles. The van der Waals surface area contributed by atoms with Crippen molar-refractivity contribution < 1.29 is 17.6 Å². The second-order valence-electron chi connectivity index (χ2n) is 3.52. The number of nitrogens with zero attached hydrogens (tertiary/aromatic N) is 1. The lowest BCUT2D eigenvalue weighted by Crippen LogP contribution is -2.10. The molecule has 0 fully saturated rings. The third-order valence-corrected chi connectivity index (χ3v) is 2.04. The number of nitrogens with two attached hydrogens (primary N) is 1. The fourth-order valence-corrected chi connectivity index (χ4v) is 1.24. The van der Waals surface area contributed by atoms with Crippen LogP contribution >= 0.6 is 0 Å². The average Bonchev–Trinajstić information content (AvgIpc) is 2.20. The summed E-state index contributed by atoms with van der Waals surface area (Å²) in [6.45, 7) is 1.84. The number of amidine groups is 1. The zero-order valence-corrected chi connectivity index (χ0v) is 9.18. The Kier molecular flexibility index (Phi) is 4.09. The lowest BCUT2D eigenvalue weighted by Gasteiger charge is -2.08. The van der Waals surface area contributed by atoms with Crippen LogP contribution in [0.2, 0.25) is 0 Å². The molecule has 0 unspecified atom stereocenters. The van der Waals surface area contributed by atoms with Gasteiger partial charge in [0.25, 0.3) is 0 Å². The molecule has 0 atom stereocenters. The minimum absolute atomic E-state index is 0.116. The summed E-state index contributed by atoms with van der Waals surface area (Å²) >= 11 is 0. The fraction of sp³-hybridized carbons (Fsp3) is 0.364. The Morgan fingerprint density at radius 1 is 1.35 bits per heavy atom. The number of aliphatic imine (C=N–C) groups is 1. The van der Waals surface area contributed by atoms with Gasteiger partial charge in [-0.25, -0.2) is 9.38 Å². The molecule has 0 aliphatic rings. The molecule has 17 heavy (non-hydrogen) atoms. The van der Waals surface area contributed by atoms with E-state index in [-0.39, 0.29) is 11.5 Å². The molecule has 1 aromatic carbocycles. The summed E-state index contributed by atoms with van der Waals surface area (Å²) in [5, 5.41) is 0. The first-order chi connectivity index (χ1) is 7.84. The number of benzene rings is 1. The maximum atomic E-state index is 13.2. The monoisotopic (exact) mass is 248 g/mol. The summed E-state index contributed by atoms with van der Waals surface area (Å²) in [7, 11) is 0. The van der Waals surface area contributed by atoms with Crippen molar-refractivity contribution in [2.45, 2.75) is 25.9 Å². The smallest absolute Gasteiger partial charge is 0.387 e. The van der Waals surface area contributed by atoms with Crippen LogP contribution in [0, 0.1) is 5.82 Å². The van der Waals surface area contributed by atoms with Gasteiger partial charge in [0, 0.05) is 6.42 Å². The molecule has 6 heteroatoms. The fourth-order valence-electron chi connectivity index (χ4n) is 1.24. The molecule has 0 saturated carbocycles. The van der Waals surface area contributed by atoms with Crippen LogP contribution in [0.3, 0.4) is 0 Å². The SMILES string of the molecule is CCCC(N)=Nc1cc(C(F)(F)F)ccc1F. The van der Waals surface area contributed by atoms with Crippen LogP contribution in [0.25, 0.3) is 0 Å². The molecule has 0 saturated heterocycles. The van der Waals surface area contributed by atoms with Gasteiger partial charge in [0.15, 0.2) is 0 Å². The van der Waals surface area contributed by atoms with Crippen LogP contribution in [0.5, 0.6) is 0 Å². The lowest BCUT2D eigenvalue weighted by atomic mass is 10.2. The molecule has 1 aromatic rings. The van der Waals surface area contributed by atoms with Gasteiger partial charge in [-0.2, -0.15) is 13.2 Å². The number of hydrogen-bond donors (Lipinski definition) is 1. The van der Waals surface area contributed by atoms with Gasteiger partial charge in [-0.3, -0.25) is 0 Å². The van der Waals surface area contributed by atoms with Crippen molar-refractivity contribution in [3.05, 3.63) is 29.6 Å². The van der Waals surface area contributed by atoms with E-state index in [1.165, 1.54) is 0 Å². The standard InChI is InChI=1S/C11H12F4N2/c1-2-3-10(16)17-9-6-7(11(13,14)15)4-5-8(9)12/h4-6H,2-3H2,1H3,(H2,16,17). The topological polar surface area (TPSA) is 38.4 Å². The van der Waals surface area contributed by atoms with Gasteiger partial charge in [-0.1, -0.05) is 6.92 Å². The molecule has 2 N–H and O–H groups in total. The van der Waals surface area contributed by atoms with Gasteiger partial charge in [-0.05, 0) is 24.6 Å². The Labute approximate surface area is 96.2 Å². The third-order valence-electron chi connectivity index (χ3n) is 2.04. The van der Waals surface area contributed by atoms with E-state index in [2.05, 4.69) is 4.99 Å². The van der Waals surface area contributed by atoms with Crippen molar-refractivity contribution in [2.24, 2.45) is 10.7 Å². The molecule has 0 aliphatic carbocycles. The Morgan fingerprint density at radius 2 is 2.00 bits per heavy atom. The van der Waals surface area contributed by atoms with E-state index < -0.39 is 17.6 Å². The Bertz CT molecular complexity index is 424. The summed E-state index contributed by atoms with van der Waals surface area (Å²) in [5.41, 5.74) is 4.12. The highest BCUT2D eigenvalue weighted by Gasteiger charge is 2.31. The Hall–Kier alpha value is -1.59. The third kappa shape index (κ3) is 3.72. The van der Waals surface area contributed by atoms with Crippen LogP contribution in [0.4, 0.5) is 23.2 Å². The minimum Gasteiger partial charge on any atom is -0.387 e. The number of alkyl halides is 3. The highest BCUT2D eigenvalue weighted by atomic mass is 19.4. The van der Waals surface area contributed by atoms with E-state index in [9.17, 15) is 17.6 Å². The molecule has 94 valence electrons. The van der Waals surface area contributed by atoms with Crippen LogP contribution < -0.4 is 5.73 Å². The minimum atomic E-state index is -4.52. The molecule has 0 amide bonds. The van der Waals surface area contributed by atoms with Gasteiger partial charge in [0.2, 0.25) is 0 Å². The number of rotatable bonds is 3. The van der Waals surface area contributed by atoms with Crippen molar-refractivity contribution in [2.75, 3.05) is 0 Å². The van der Waals surface area contributed by atoms with E-state index in [4.69, 9.17) is 5.73 Å². The van der Waals surface area contributed by atoms with Crippen molar-refractivity contribution in [3.63, 3.8) is 0 Å². The summed E-state index contributed by atoms with van der Waals surface area (Å²) in [6, 6.07) is 2.06. The molecule has 0 aliphatic heterocycles. The molecule has 0 bridgehead atoms. The Balaban J connectivity index is 3.11. The van der Waals surface area contributed by atoms with Gasteiger partial charge in [0.1, 0.15) is 11.5 Å². The quantitative estimate of drug-likeness (QED) is 0.495. The van der Waals surface area contributed by atoms with Gasteiger partial charge < -0.3 is 5.73 Å². The molecule has 1 rings (SSSR count). The van der Waals surface area contributed by atoms with E-state index in [0.717, 1.165) is 6.07 Å². The van der Waals surface area contributed by atoms with E-state index in [0.29, 0.717) is 25.0 Å². The summed E-state index contributed by atoms with van der Waals surface area (Å²) in [5.74, 6) is -0.706. The maximum Gasteiger partial charge on any atom is 0.416 e.